The number of likely N-dealkylation sites (tertiary alicyclic amines) is 1. The predicted molar refractivity (Wildman–Crippen MR) is 99.3 cm³/mol. The number of guanidine groups is 1. The van der Waals surface area contributed by atoms with E-state index in [1.165, 1.54) is 38.9 Å². The number of rotatable bonds is 5. The van der Waals surface area contributed by atoms with Crippen LogP contribution in [-0.4, -0.2) is 43.6 Å². The molecule has 5 heteroatoms. The third-order valence-electron chi connectivity index (χ3n) is 4.60. The highest BCUT2D eigenvalue weighted by Gasteiger charge is 2.19. The summed E-state index contributed by atoms with van der Waals surface area (Å²) in [6.45, 7) is 6.45. The van der Waals surface area contributed by atoms with Crippen LogP contribution >= 0.6 is 0 Å². The van der Waals surface area contributed by atoms with Crippen molar-refractivity contribution in [1.29, 1.82) is 0 Å². The lowest BCUT2D eigenvalue weighted by molar-refractivity contribution is 0.206. The van der Waals surface area contributed by atoms with E-state index in [0.29, 0.717) is 12.6 Å². The summed E-state index contributed by atoms with van der Waals surface area (Å²) in [6, 6.07) is 10.7. The Kier molecular flexibility index (Phi) is 5.75. The number of para-hydroxylation sites is 1. The van der Waals surface area contributed by atoms with E-state index in [2.05, 4.69) is 39.6 Å². The Hall–Kier alpha value is -2.01. The highest BCUT2D eigenvalue weighted by atomic mass is 16.3. The van der Waals surface area contributed by atoms with Crippen molar-refractivity contribution in [2.75, 3.05) is 26.7 Å². The number of furan rings is 1. The van der Waals surface area contributed by atoms with Gasteiger partial charge in [0, 0.05) is 31.6 Å². The number of benzene rings is 1. The monoisotopic (exact) mass is 328 g/mol. The normalized spacial score (nSPS) is 17.3. The van der Waals surface area contributed by atoms with Crippen molar-refractivity contribution in [2.45, 2.75) is 38.8 Å². The van der Waals surface area contributed by atoms with Crippen LogP contribution in [0.1, 0.15) is 31.9 Å². The van der Waals surface area contributed by atoms with Crippen LogP contribution in [0, 0.1) is 0 Å². The SMILES string of the molecule is CCCN1CCC(NC(=NC)NCc2cc3ccccc3o2)CC1. The van der Waals surface area contributed by atoms with Gasteiger partial charge in [0.15, 0.2) is 5.96 Å². The fourth-order valence-electron chi connectivity index (χ4n) is 3.30. The van der Waals surface area contributed by atoms with E-state index in [9.17, 15) is 0 Å². The molecule has 0 radical (unpaired) electrons. The number of fused-ring (bicyclic) bond motifs is 1. The molecule has 5 nitrogen and oxygen atoms in total. The van der Waals surface area contributed by atoms with Crippen LogP contribution < -0.4 is 10.6 Å². The summed E-state index contributed by atoms with van der Waals surface area (Å²) in [5.74, 6) is 1.78. The van der Waals surface area contributed by atoms with Crippen LogP contribution in [-0.2, 0) is 6.54 Å². The highest BCUT2D eigenvalue weighted by molar-refractivity contribution is 5.80. The number of piperidine rings is 1. The van der Waals surface area contributed by atoms with Crippen LogP contribution in [0.15, 0.2) is 39.7 Å². The standard InChI is InChI=1S/C19H28N4O/c1-3-10-23-11-8-16(9-12-23)22-19(20-2)21-14-17-13-15-6-4-5-7-18(15)24-17/h4-7,13,16H,3,8-12,14H2,1-2H3,(H2,20,21,22). The van der Waals surface area contributed by atoms with E-state index in [1.54, 1.807) is 0 Å². The van der Waals surface area contributed by atoms with Gasteiger partial charge in [-0.05, 0) is 37.9 Å². The maximum Gasteiger partial charge on any atom is 0.191 e. The lowest BCUT2D eigenvalue weighted by Crippen LogP contribution is -2.48. The van der Waals surface area contributed by atoms with Gasteiger partial charge in [-0.25, -0.2) is 0 Å². The summed E-state index contributed by atoms with van der Waals surface area (Å²) < 4.78 is 5.84. The quantitative estimate of drug-likeness (QED) is 0.654. The number of nitrogens with zero attached hydrogens (tertiary/aromatic N) is 2. The average Bonchev–Trinajstić information content (AvgIpc) is 3.03. The maximum absolute atomic E-state index is 5.84. The first kappa shape index (κ1) is 16.8. The third-order valence-corrected chi connectivity index (χ3v) is 4.60. The van der Waals surface area contributed by atoms with Gasteiger partial charge < -0.3 is 20.0 Å². The Bertz CT molecular complexity index is 638. The van der Waals surface area contributed by atoms with Gasteiger partial charge in [-0.2, -0.15) is 0 Å². The fourth-order valence-corrected chi connectivity index (χ4v) is 3.30. The minimum atomic E-state index is 0.500. The van der Waals surface area contributed by atoms with Crippen LogP contribution in [0.2, 0.25) is 0 Å². The molecule has 1 aliphatic rings. The first-order valence-corrected chi connectivity index (χ1v) is 8.95. The van der Waals surface area contributed by atoms with Crippen molar-refractivity contribution >= 4 is 16.9 Å². The molecular formula is C19H28N4O. The zero-order chi connectivity index (χ0) is 16.8. The number of hydrogen-bond acceptors (Lipinski definition) is 3. The molecule has 24 heavy (non-hydrogen) atoms. The number of nitrogens with one attached hydrogen (secondary N) is 2. The van der Waals surface area contributed by atoms with Gasteiger partial charge in [0.2, 0.25) is 0 Å². The second kappa shape index (κ2) is 8.20. The van der Waals surface area contributed by atoms with Gasteiger partial charge >= 0.3 is 0 Å². The number of aliphatic imine (C=N–C) groups is 1. The van der Waals surface area contributed by atoms with Crippen molar-refractivity contribution in [1.82, 2.24) is 15.5 Å². The summed E-state index contributed by atoms with van der Waals surface area (Å²) >= 11 is 0. The van der Waals surface area contributed by atoms with E-state index in [4.69, 9.17) is 4.42 Å². The van der Waals surface area contributed by atoms with Crippen LogP contribution in [0.5, 0.6) is 0 Å². The average molecular weight is 328 g/mol. The molecular weight excluding hydrogens is 300 g/mol. The van der Waals surface area contributed by atoms with Crippen molar-refractivity contribution in [3.05, 3.63) is 36.1 Å². The van der Waals surface area contributed by atoms with Crippen molar-refractivity contribution in [2.24, 2.45) is 4.99 Å². The summed E-state index contributed by atoms with van der Waals surface area (Å²) in [7, 11) is 1.82. The van der Waals surface area contributed by atoms with E-state index < -0.39 is 0 Å². The Balaban J connectivity index is 1.48. The minimum absolute atomic E-state index is 0.500. The zero-order valence-electron chi connectivity index (χ0n) is 14.7. The summed E-state index contributed by atoms with van der Waals surface area (Å²) in [5, 5.41) is 8.04. The third kappa shape index (κ3) is 4.29. The second-order valence-corrected chi connectivity index (χ2v) is 6.44. The van der Waals surface area contributed by atoms with Crippen LogP contribution in [0.3, 0.4) is 0 Å². The molecule has 0 aliphatic carbocycles. The highest BCUT2D eigenvalue weighted by Crippen LogP contribution is 2.18. The molecule has 2 N–H and O–H groups in total. The minimum Gasteiger partial charge on any atom is -0.459 e. The molecule has 130 valence electrons. The van der Waals surface area contributed by atoms with E-state index >= 15 is 0 Å². The predicted octanol–water partition coefficient (Wildman–Crippen LogP) is 2.97. The molecule has 0 bridgehead atoms. The topological polar surface area (TPSA) is 52.8 Å². The molecule has 3 rings (SSSR count). The van der Waals surface area contributed by atoms with Crippen molar-refractivity contribution < 1.29 is 4.42 Å². The second-order valence-electron chi connectivity index (χ2n) is 6.44. The molecule has 0 amide bonds. The Morgan fingerprint density at radius 2 is 2.08 bits per heavy atom. The van der Waals surface area contributed by atoms with Crippen molar-refractivity contribution in [3.8, 4) is 0 Å². The molecule has 0 spiro atoms. The van der Waals surface area contributed by atoms with Gasteiger partial charge in [0.05, 0.1) is 6.54 Å². The van der Waals surface area contributed by atoms with Gasteiger partial charge in [-0.15, -0.1) is 0 Å². The Morgan fingerprint density at radius 1 is 1.29 bits per heavy atom. The molecule has 1 saturated heterocycles. The van der Waals surface area contributed by atoms with Crippen LogP contribution in [0.4, 0.5) is 0 Å². The summed E-state index contributed by atoms with van der Waals surface area (Å²) in [6.07, 6.45) is 3.58. The largest absolute Gasteiger partial charge is 0.459 e. The molecule has 1 aromatic heterocycles. The zero-order valence-corrected chi connectivity index (χ0v) is 14.7. The molecule has 0 saturated carbocycles. The maximum atomic E-state index is 5.84. The van der Waals surface area contributed by atoms with E-state index in [1.807, 2.05) is 25.2 Å². The van der Waals surface area contributed by atoms with Gasteiger partial charge in [-0.3, -0.25) is 4.99 Å². The first-order valence-electron chi connectivity index (χ1n) is 8.95. The molecule has 1 fully saturated rings. The molecule has 0 unspecified atom stereocenters. The molecule has 1 aromatic carbocycles. The summed E-state index contributed by atoms with van der Waals surface area (Å²) in [5.41, 5.74) is 0.931. The molecule has 2 aromatic rings. The lowest BCUT2D eigenvalue weighted by atomic mass is 10.1. The Morgan fingerprint density at radius 3 is 2.79 bits per heavy atom. The van der Waals surface area contributed by atoms with E-state index in [-0.39, 0.29) is 0 Å². The van der Waals surface area contributed by atoms with Gasteiger partial charge in [0.25, 0.3) is 0 Å². The summed E-state index contributed by atoms with van der Waals surface area (Å²) in [4.78, 5) is 6.89. The van der Waals surface area contributed by atoms with Gasteiger partial charge in [0.1, 0.15) is 11.3 Å². The fraction of sp³-hybridized carbons (Fsp3) is 0.526. The van der Waals surface area contributed by atoms with Crippen molar-refractivity contribution in [3.63, 3.8) is 0 Å². The first-order chi connectivity index (χ1) is 11.8. The number of hydrogen-bond donors (Lipinski definition) is 2. The Labute approximate surface area is 144 Å². The smallest absolute Gasteiger partial charge is 0.191 e. The lowest BCUT2D eigenvalue weighted by Gasteiger charge is -2.32. The molecule has 1 aliphatic heterocycles. The van der Waals surface area contributed by atoms with Crippen LogP contribution in [0.25, 0.3) is 11.0 Å². The van der Waals surface area contributed by atoms with Gasteiger partial charge in [-0.1, -0.05) is 25.1 Å². The molecule has 2 heterocycles. The molecule has 0 atom stereocenters. The van der Waals surface area contributed by atoms with E-state index in [0.717, 1.165) is 22.7 Å².